The van der Waals surface area contributed by atoms with Crippen LogP contribution in [0.3, 0.4) is 0 Å². The molecule has 0 aliphatic rings. The van der Waals surface area contributed by atoms with Crippen molar-refractivity contribution in [1.82, 2.24) is 4.90 Å². The van der Waals surface area contributed by atoms with Crippen molar-refractivity contribution in [3.63, 3.8) is 0 Å². The summed E-state index contributed by atoms with van der Waals surface area (Å²) in [7, 11) is 0. The van der Waals surface area contributed by atoms with E-state index in [1.165, 1.54) is 0 Å². The topological polar surface area (TPSA) is 36.3 Å². The molecule has 3 nitrogen and oxygen atoms in total. The molecule has 0 amide bonds. The van der Waals surface area contributed by atoms with E-state index in [0.717, 1.165) is 26.1 Å². The first-order valence-electron chi connectivity index (χ1n) is 4.66. The van der Waals surface area contributed by atoms with Gasteiger partial charge < -0.3 is 9.64 Å². The van der Waals surface area contributed by atoms with Gasteiger partial charge in [-0.3, -0.25) is 5.41 Å². The Morgan fingerprint density at radius 2 is 1.83 bits per heavy atom. The molecule has 0 spiro atoms. The third kappa shape index (κ3) is 4.34. The number of hydrogen-bond donors (Lipinski definition) is 1. The van der Waals surface area contributed by atoms with Gasteiger partial charge in [0.25, 0.3) is 0 Å². The molecule has 0 aromatic heterocycles. The molecule has 0 atom stereocenters. The highest BCUT2D eigenvalue weighted by Crippen LogP contribution is 1.94. The molecule has 0 bridgehead atoms. The molecule has 0 aliphatic heterocycles. The largest absolute Gasteiger partial charge is 0.381 e. The van der Waals surface area contributed by atoms with Crippen molar-refractivity contribution < 1.29 is 4.74 Å². The molecule has 0 aromatic carbocycles. The predicted molar refractivity (Wildman–Crippen MR) is 51.8 cm³/mol. The van der Waals surface area contributed by atoms with E-state index in [1.54, 1.807) is 0 Å². The Morgan fingerprint density at radius 1 is 1.25 bits per heavy atom. The van der Waals surface area contributed by atoms with Crippen molar-refractivity contribution >= 4 is 5.84 Å². The molecular formula is C9H20N2O. The van der Waals surface area contributed by atoms with Crippen LogP contribution in [0.2, 0.25) is 0 Å². The van der Waals surface area contributed by atoms with Gasteiger partial charge in [-0.1, -0.05) is 0 Å². The molecule has 72 valence electrons. The van der Waals surface area contributed by atoms with Gasteiger partial charge in [0.2, 0.25) is 0 Å². The van der Waals surface area contributed by atoms with Crippen LogP contribution in [0.25, 0.3) is 0 Å². The highest BCUT2D eigenvalue weighted by molar-refractivity contribution is 5.79. The molecule has 3 heteroatoms. The lowest BCUT2D eigenvalue weighted by Gasteiger charge is -2.21. The van der Waals surface area contributed by atoms with E-state index in [4.69, 9.17) is 10.1 Å². The van der Waals surface area contributed by atoms with Crippen LogP contribution in [0.5, 0.6) is 0 Å². The average molecular weight is 172 g/mol. The lowest BCUT2D eigenvalue weighted by atomic mass is 10.3. The summed E-state index contributed by atoms with van der Waals surface area (Å²) in [6, 6.07) is 0. The van der Waals surface area contributed by atoms with E-state index in [2.05, 4.69) is 13.8 Å². The summed E-state index contributed by atoms with van der Waals surface area (Å²) in [5.41, 5.74) is 0. The molecule has 0 heterocycles. The first-order valence-corrected chi connectivity index (χ1v) is 4.66. The number of nitrogens with zero attached hydrogens (tertiary/aromatic N) is 1. The summed E-state index contributed by atoms with van der Waals surface area (Å²) in [5.74, 6) is 0.688. The van der Waals surface area contributed by atoms with Gasteiger partial charge in [-0.15, -0.1) is 0 Å². The summed E-state index contributed by atoms with van der Waals surface area (Å²) in [5, 5.41) is 7.67. The Morgan fingerprint density at radius 3 is 2.25 bits per heavy atom. The number of ether oxygens (including phenoxy) is 1. The lowest BCUT2D eigenvalue weighted by Crippen LogP contribution is -2.30. The second-order valence-corrected chi connectivity index (χ2v) is 2.57. The van der Waals surface area contributed by atoms with Gasteiger partial charge in [-0.2, -0.15) is 0 Å². The summed E-state index contributed by atoms with van der Waals surface area (Å²) >= 11 is 0. The monoisotopic (exact) mass is 172 g/mol. The van der Waals surface area contributed by atoms with Crippen LogP contribution < -0.4 is 0 Å². The Kier molecular flexibility index (Phi) is 6.76. The van der Waals surface area contributed by atoms with E-state index in [0.29, 0.717) is 12.4 Å². The molecular weight excluding hydrogens is 152 g/mol. The van der Waals surface area contributed by atoms with Crippen LogP contribution in [0.4, 0.5) is 0 Å². The minimum atomic E-state index is 0.672. The molecule has 0 radical (unpaired) electrons. The fraction of sp³-hybridized carbons (Fsp3) is 0.889. The quantitative estimate of drug-likeness (QED) is 0.376. The van der Waals surface area contributed by atoms with Crippen LogP contribution in [0.1, 0.15) is 27.2 Å². The van der Waals surface area contributed by atoms with Gasteiger partial charge in [0.05, 0.1) is 12.4 Å². The SMILES string of the molecule is CCOCCC(=N)N(CC)CC. The summed E-state index contributed by atoms with van der Waals surface area (Å²) < 4.78 is 5.18. The van der Waals surface area contributed by atoms with Crippen molar-refractivity contribution in [2.45, 2.75) is 27.2 Å². The highest BCUT2D eigenvalue weighted by atomic mass is 16.5. The first kappa shape index (κ1) is 11.4. The van der Waals surface area contributed by atoms with Crippen molar-refractivity contribution in [3.8, 4) is 0 Å². The second-order valence-electron chi connectivity index (χ2n) is 2.57. The molecule has 0 aliphatic carbocycles. The maximum Gasteiger partial charge on any atom is 0.0980 e. The molecule has 0 fully saturated rings. The van der Waals surface area contributed by atoms with Crippen LogP contribution >= 0.6 is 0 Å². The number of amidine groups is 1. The van der Waals surface area contributed by atoms with Gasteiger partial charge in [0, 0.05) is 26.1 Å². The molecule has 1 N–H and O–H groups in total. The minimum Gasteiger partial charge on any atom is -0.381 e. The number of hydrogen-bond acceptors (Lipinski definition) is 2. The third-order valence-electron chi connectivity index (χ3n) is 1.83. The molecule has 0 aromatic rings. The smallest absolute Gasteiger partial charge is 0.0980 e. The predicted octanol–water partition coefficient (Wildman–Crippen LogP) is 1.73. The Hall–Kier alpha value is -0.570. The number of nitrogens with one attached hydrogen (secondary N) is 1. The van der Waals surface area contributed by atoms with Gasteiger partial charge >= 0.3 is 0 Å². The Labute approximate surface area is 75.2 Å². The maximum absolute atomic E-state index is 7.67. The van der Waals surface area contributed by atoms with Crippen LogP contribution in [0, 0.1) is 5.41 Å². The van der Waals surface area contributed by atoms with Crippen LogP contribution in [0.15, 0.2) is 0 Å². The van der Waals surface area contributed by atoms with E-state index in [1.807, 2.05) is 11.8 Å². The zero-order chi connectivity index (χ0) is 9.40. The highest BCUT2D eigenvalue weighted by Gasteiger charge is 2.03. The standard InChI is InChI=1S/C9H20N2O/c1-4-11(5-2)9(10)7-8-12-6-3/h10H,4-8H2,1-3H3. The molecule has 0 unspecified atom stereocenters. The van der Waals surface area contributed by atoms with E-state index in [-0.39, 0.29) is 0 Å². The van der Waals surface area contributed by atoms with Crippen LogP contribution in [-0.4, -0.2) is 37.0 Å². The van der Waals surface area contributed by atoms with Crippen molar-refractivity contribution in [2.75, 3.05) is 26.3 Å². The summed E-state index contributed by atoms with van der Waals surface area (Å²) in [6.07, 6.45) is 0.732. The fourth-order valence-corrected chi connectivity index (χ4v) is 1.08. The van der Waals surface area contributed by atoms with Gasteiger partial charge in [0.1, 0.15) is 0 Å². The van der Waals surface area contributed by atoms with Gasteiger partial charge in [0.15, 0.2) is 0 Å². The first-order chi connectivity index (χ1) is 5.76. The molecule has 0 saturated heterocycles. The van der Waals surface area contributed by atoms with E-state index in [9.17, 15) is 0 Å². The zero-order valence-corrected chi connectivity index (χ0v) is 8.39. The minimum absolute atomic E-state index is 0.672. The summed E-state index contributed by atoms with van der Waals surface area (Å²) in [4.78, 5) is 2.04. The van der Waals surface area contributed by atoms with Gasteiger partial charge in [-0.25, -0.2) is 0 Å². The van der Waals surface area contributed by atoms with E-state index >= 15 is 0 Å². The lowest BCUT2D eigenvalue weighted by molar-refractivity contribution is 0.153. The number of rotatable bonds is 6. The second kappa shape index (κ2) is 7.10. The van der Waals surface area contributed by atoms with Crippen molar-refractivity contribution in [3.05, 3.63) is 0 Å². The Bertz CT molecular complexity index is 122. The van der Waals surface area contributed by atoms with Crippen molar-refractivity contribution in [2.24, 2.45) is 0 Å². The summed E-state index contributed by atoms with van der Waals surface area (Å²) in [6.45, 7) is 9.36. The Balaban J connectivity index is 3.54. The molecule has 12 heavy (non-hydrogen) atoms. The maximum atomic E-state index is 7.67. The van der Waals surface area contributed by atoms with Gasteiger partial charge in [-0.05, 0) is 20.8 Å². The normalized spacial score (nSPS) is 9.92. The average Bonchev–Trinajstić information content (AvgIpc) is 2.07. The van der Waals surface area contributed by atoms with Crippen molar-refractivity contribution in [1.29, 1.82) is 5.41 Å². The molecule has 0 rings (SSSR count). The third-order valence-corrected chi connectivity index (χ3v) is 1.83. The fourth-order valence-electron chi connectivity index (χ4n) is 1.08. The molecule has 0 saturated carbocycles. The van der Waals surface area contributed by atoms with E-state index < -0.39 is 0 Å². The zero-order valence-electron chi connectivity index (χ0n) is 8.39. The van der Waals surface area contributed by atoms with Crippen LogP contribution in [-0.2, 0) is 4.74 Å².